The molecule has 1 rings (SSSR count). The lowest BCUT2D eigenvalue weighted by atomic mass is 10.0. The summed E-state index contributed by atoms with van der Waals surface area (Å²) in [4.78, 5) is 2.50. The third kappa shape index (κ3) is 6.27. The Hall–Kier alpha value is -0.730. The first-order valence-electron chi connectivity index (χ1n) is 8.41. The molecular weight excluding hydrogens is 280 g/mol. The summed E-state index contributed by atoms with van der Waals surface area (Å²) < 4.78 is 0. The summed E-state index contributed by atoms with van der Waals surface area (Å²) in [7, 11) is 0. The Morgan fingerprint density at radius 1 is 1.10 bits per heavy atom. The van der Waals surface area contributed by atoms with E-state index in [9.17, 15) is 0 Å². The topological polar surface area (TPSA) is 29.3 Å². The highest BCUT2D eigenvalue weighted by Crippen LogP contribution is 2.27. The van der Waals surface area contributed by atoms with Gasteiger partial charge < -0.3 is 10.6 Å². The number of hydrogen-bond acceptors (Lipinski definition) is 2. The van der Waals surface area contributed by atoms with Gasteiger partial charge in [0.1, 0.15) is 0 Å². The molecule has 0 amide bonds. The van der Waals surface area contributed by atoms with Gasteiger partial charge in [-0.3, -0.25) is 0 Å². The van der Waals surface area contributed by atoms with Gasteiger partial charge in [-0.25, -0.2) is 0 Å². The Balaban J connectivity index is 2.98. The van der Waals surface area contributed by atoms with Gasteiger partial charge in [-0.1, -0.05) is 51.3 Å². The molecule has 0 fully saturated rings. The first kappa shape index (κ1) is 18.3. The van der Waals surface area contributed by atoms with Gasteiger partial charge in [0.25, 0.3) is 0 Å². The Kier molecular flexibility index (Phi) is 8.79. The molecule has 0 saturated heterocycles. The Labute approximate surface area is 135 Å². The molecule has 0 aromatic heterocycles. The molecule has 0 heterocycles. The summed E-state index contributed by atoms with van der Waals surface area (Å²) in [5.41, 5.74) is 8.78. The molecular formula is C18H31ClN2. The molecule has 0 spiro atoms. The molecule has 1 atom stereocenters. The van der Waals surface area contributed by atoms with E-state index in [1.54, 1.807) is 0 Å². The molecule has 3 heteroatoms. The van der Waals surface area contributed by atoms with Crippen molar-refractivity contribution >= 4 is 17.3 Å². The molecule has 1 aromatic carbocycles. The third-order valence-electron chi connectivity index (χ3n) is 3.96. The number of hydrogen-bond donors (Lipinski definition) is 1. The molecule has 0 saturated carbocycles. The van der Waals surface area contributed by atoms with E-state index in [1.807, 2.05) is 6.07 Å². The zero-order valence-corrected chi connectivity index (χ0v) is 14.6. The summed E-state index contributed by atoms with van der Waals surface area (Å²) in [5, 5.41) is 0.816. The van der Waals surface area contributed by atoms with Gasteiger partial charge >= 0.3 is 0 Å². The maximum Gasteiger partial charge on any atom is 0.0426 e. The fourth-order valence-corrected chi connectivity index (χ4v) is 2.65. The lowest BCUT2D eigenvalue weighted by molar-refractivity contribution is 0.637. The van der Waals surface area contributed by atoms with Crippen LogP contribution in [0.4, 0.5) is 5.69 Å². The van der Waals surface area contributed by atoms with E-state index in [2.05, 4.69) is 37.8 Å². The third-order valence-corrected chi connectivity index (χ3v) is 4.19. The molecule has 1 unspecified atom stereocenters. The smallest absolute Gasteiger partial charge is 0.0426 e. The molecule has 0 aliphatic rings. The van der Waals surface area contributed by atoms with Crippen molar-refractivity contribution in [3.8, 4) is 0 Å². The second-order valence-corrected chi connectivity index (χ2v) is 6.28. The summed E-state index contributed by atoms with van der Waals surface area (Å²) >= 11 is 6.24. The second kappa shape index (κ2) is 10.1. The van der Waals surface area contributed by atoms with E-state index in [-0.39, 0.29) is 6.04 Å². The molecule has 2 N–H and O–H groups in total. The van der Waals surface area contributed by atoms with Crippen molar-refractivity contribution in [1.29, 1.82) is 0 Å². The quantitative estimate of drug-likeness (QED) is 0.657. The Morgan fingerprint density at radius 2 is 1.71 bits per heavy atom. The minimum absolute atomic E-state index is 0.226. The molecule has 2 nitrogen and oxygen atoms in total. The maximum atomic E-state index is 6.24. The maximum absolute atomic E-state index is 6.24. The average molecular weight is 311 g/mol. The van der Waals surface area contributed by atoms with Crippen LogP contribution in [-0.2, 0) is 6.42 Å². The Bertz CT molecular complexity index is 398. The van der Waals surface area contributed by atoms with E-state index in [4.69, 9.17) is 17.3 Å². The van der Waals surface area contributed by atoms with Crippen LogP contribution in [0.3, 0.4) is 0 Å². The highest BCUT2D eigenvalue weighted by Gasteiger charge is 2.13. The van der Waals surface area contributed by atoms with Gasteiger partial charge in [0.05, 0.1) is 0 Å². The van der Waals surface area contributed by atoms with Gasteiger partial charge in [0, 0.05) is 29.8 Å². The summed E-state index contributed by atoms with van der Waals surface area (Å²) in [6.45, 7) is 8.83. The second-order valence-electron chi connectivity index (χ2n) is 5.84. The van der Waals surface area contributed by atoms with E-state index in [0.717, 1.165) is 31.0 Å². The van der Waals surface area contributed by atoms with Crippen LogP contribution in [0.1, 0.15) is 58.4 Å². The predicted octanol–water partition coefficient (Wildman–Crippen LogP) is 5.03. The van der Waals surface area contributed by atoms with Crippen molar-refractivity contribution in [2.24, 2.45) is 5.73 Å². The number of unbranched alkanes of at least 4 members (excludes halogenated alkanes) is 2. The fraction of sp³-hybridized carbons (Fsp3) is 0.667. The minimum Gasteiger partial charge on any atom is -0.371 e. The lowest BCUT2D eigenvalue weighted by Gasteiger charge is -2.28. The van der Waals surface area contributed by atoms with Crippen molar-refractivity contribution < 1.29 is 0 Å². The monoisotopic (exact) mass is 310 g/mol. The van der Waals surface area contributed by atoms with Crippen LogP contribution in [0.15, 0.2) is 18.2 Å². The minimum atomic E-state index is 0.226. The van der Waals surface area contributed by atoms with Gasteiger partial charge in [0.15, 0.2) is 0 Å². The predicted molar refractivity (Wildman–Crippen MR) is 95.5 cm³/mol. The van der Waals surface area contributed by atoms with Gasteiger partial charge in [-0.15, -0.1) is 0 Å². The molecule has 1 aromatic rings. The normalized spacial score (nSPS) is 12.4. The first-order chi connectivity index (χ1) is 10.1. The summed E-state index contributed by atoms with van der Waals surface area (Å²) in [6.07, 6.45) is 6.80. The molecule has 120 valence electrons. The van der Waals surface area contributed by atoms with E-state index < -0.39 is 0 Å². The molecule has 0 radical (unpaired) electrons. The van der Waals surface area contributed by atoms with Crippen molar-refractivity contribution in [2.45, 2.75) is 65.3 Å². The average Bonchev–Trinajstić information content (AvgIpc) is 2.49. The molecule has 21 heavy (non-hydrogen) atoms. The zero-order valence-electron chi connectivity index (χ0n) is 13.9. The number of nitrogens with two attached hydrogens (primary N) is 1. The van der Waals surface area contributed by atoms with E-state index >= 15 is 0 Å². The summed E-state index contributed by atoms with van der Waals surface area (Å²) in [5.74, 6) is 0. The van der Waals surface area contributed by atoms with Crippen LogP contribution >= 0.6 is 11.6 Å². The molecule has 0 aliphatic carbocycles. The SMILES string of the molecule is CCCCN(CCCC)c1cc(Cl)ccc1CC(N)CC. The number of nitrogens with zero attached hydrogens (tertiary/aromatic N) is 1. The summed E-state index contributed by atoms with van der Waals surface area (Å²) in [6, 6.07) is 6.48. The van der Waals surface area contributed by atoms with Crippen LogP contribution in [0.5, 0.6) is 0 Å². The number of anilines is 1. The van der Waals surface area contributed by atoms with Crippen LogP contribution in [0.2, 0.25) is 5.02 Å². The first-order valence-corrected chi connectivity index (χ1v) is 8.79. The highest BCUT2D eigenvalue weighted by molar-refractivity contribution is 6.30. The van der Waals surface area contributed by atoms with Crippen molar-refractivity contribution in [2.75, 3.05) is 18.0 Å². The fourth-order valence-electron chi connectivity index (χ4n) is 2.48. The highest BCUT2D eigenvalue weighted by atomic mass is 35.5. The number of rotatable bonds is 10. The van der Waals surface area contributed by atoms with Gasteiger partial charge in [-0.2, -0.15) is 0 Å². The Morgan fingerprint density at radius 3 is 2.24 bits per heavy atom. The van der Waals surface area contributed by atoms with Crippen LogP contribution in [-0.4, -0.2) is 19.1 Å². The van der Waals surface area contributed by atoms with Gasteiger partial charge in [-0.05, 0) is 43.4 Å². The van der Waals surface area contributed by atoms with Gasteiger partial charge in [0.2, 0.25) is 0 Å². The number of halogens is 1. The van der Waals surface area contributed by atoms with Crippen molar-refractivity contribution in [3.05, 3.63) is 28.8 Å². The van der Waals surface area contributed by atoms with Crippen LogP contribution < -0.4 is 10.6 Å². The zero-order chi connectivity index (χ0) is 15.7. The van der Waals surface area contributed by atoms with Crippen LogP contribution in [0.25, 0.3) is 0 Å². The standard InChI is InChI=1S/C18H31ClN2/c1-4-7-11-21(12-8-5-2)18-14-16(19)10-9-15(18)13-17(20)6-3/h9-10,14,17H,4-8,11-13,20H2,1-3H3. The van der Waals surface area contributed by atoms with E-state index in [0.29, 0.717) is 0 Å². The van der Waals surface area contributed by atoms with Crippen molar-refractivity contribution in [1.82, 2.24) is 0 Å². The van der Waals surface area contributed by atoms with Crippen molar-refractivity contribution in [3.63, 3.8) is 0 Å². The largest absolute Gasteiger partial charge is 0.371 e. The molecule has 0 aliphatic heterocycles. The number of benzene rings is 1. The lowest BCUT2D eigenvalue weighted by Crippen LogP contribution is -2.28. The van der Waals surface area contributed by atoms with Crippen LogP contribution in [0, 0.1) is 0 Å². The van der Waals surface area contributed by atoms with E-state index in [1.165, 1.54) is 36.9 Å². The molecule has 0 bridgehead atoms.